The third-order valence-corrected chi connectivity index (χ3v) is 5.81. The molecule has 162 valence electrons. The zero-order valence-electron chi connectivity index (χ0n) is 17.4. The summed E-state index contributed by atoms with van der Waals surface area (Å²) in [5.74, 6) is 0.705. The first-order chi connectivity index (χ1) is 14.6. The van der Waals surface area contributed by atoms with Crippen LogP contribution in [0.3, 0.4) is 0 Å². The molecule has 0 radical (unpaired) electrons. The second-order valence-electron chi connectivity index (χ2n) is 7.61. The maximum atomic E-state index is 12.6. The number of nitrogens with zero attached hydrogens (tertiary/aromatic N) is 1. The van der Waals surface area contributed by atoms with Gasteiger partial charge in [-0.2, -0.15) is 0 Å². The number of carbonyl (C=O) groups excluding carboxylic acids is 1. The molecular formula is C23H30ClN3O3. The Morgan fingerprint density at radius 1 is 1.23 bits per heavy atom. The summed E-state index contributed by atoms with van der Waals surface area (Å²) < 4.78 is 11.1. The Kier molecular flexibility index (Phi) is 8.37. The molecule has 3 N–H and O–H groups in total. The van der Waals surface area contributed by atoms with Gasteiger partial charge in [0.05, 0.1) is 36.6 Å². The molecule has 2 aromatic carbocycles. The number of likely N-dealkylation sites (tertiary alicyclic amines) is 1. The Morgan fingerprint density at radius 2 is 1.97 bits per heavy atom. The van der Waals surface area contributed by atoms with Crippen LogP contribution in [0.4, 0.5) is 5.69 Å². The summed E-state index contributed by atoms with van der Waals surface area (Å²) in [5.41, 5.74) is 7.79. The van der Waals surface area contributed by atoms with Crippen molar-refractivity contribution in [1.29, 1.82) is 0 Å². The highest BCUT2D eigenvalue weighted by molar-refractivity contribution is 6.33. The van der Waals surface area contributed by atoms with Crippen molar-refractivity contribution in [3.63, 3.8) is 0 Å². The first-order valence-corrected chi connectivity index (χ1v) is 10.7. The van der Waals surface area contributed by atoms with Crippen LogP contribution in [-0.2, 0) is 11.3 Å². The Hall–Kier alpha value is -2.28. The molecule has 0 atom stereocenters. The Morgan fingerprint density at radius 3 is 2.67 bits per heavy atom. The molecule has 3 rings (SSSR count). The first kappa shape index (κ1) is 22.4. The summed E-state index contributed by atoms with van der Waals surface area (Å²) >= 11 is 6.06. The molecule has 0 bridgehead atoms. The van der Waals surface area contributed by atoms with Crippen LogP contribution in [0.2, 0.25) is 5.02 Å². The van der Waals surface area contributed by atoms with E-state index in [1.54, 1.807) is 12.1 Å². The number of halogens is 1. The second-order valence-corrected chi connectivity index (χ2v) is 8.01. The van der Waals surface area contributed by atoms with Crippen LogP contribution >= 0.6 is 11.6 Å². The fraction of sp³-hybridized carbons (Fsp3) is 0.435. The van der Waals surface area contributed by atoms with E-state index in [4.69, 9.17) is 26.8 Å². The van der Waals surface area contributed by atoms with Crippen LogP contribution in [0.15, 0.2) is 42.5 Å². The number of methoxy groups -OCH3 is 1. The van der Waals surface area contributed by atoms with Crippen LogP contribution in [0.5, 0.6) is 5.75 Å². The summed E-state index contributed by atoms with van der Waals surface area (Å²) in [7, 11) is 1.51. The predicted octanol–water partition coefficient (Wildman–Crippen LogP) is 3.59. The van der Waals surface area contributed by atoms with Crippen LogP contribution < -0.4 is 15.8 Å². The van der Waals surface area contributed by atoms with Crippen molar-refractivity contribution < 1.29 is 14.3 Å². The van der Waals surface area contributed by atoms with E-state index in [1.807, 2.05) is 18.2 Å². The van der Waals surface area contributed by atoms with Gasteiger partial charge in [0.2, 0.25) is 0 Å². The third-order valence-electron chi connectivity index (χ3n) is 5.49. The topological polar surface area (TPSA) is 76.8 Å². The lowest BCUT2D eigenvalue weighted by atomic mass is 9.96. The van der Waals surface area contributed by atoms with E-state index in [1.165, 1.54) is 12.7 Å². The van der Waals surface area contributed by atoms with Crippen LogP contribution in [0.1, 0.15) is 28.8 Å². The number of hydrogen-bond acceptors (Lipinski definition) is 5. The first-order valence-electron chi connectivity index (χ1n) is 10.3. The lowest BCUT2D eigenvalue weighted by molar-refractivity contribution is 0.0780. The number of carbonyl (C=O) groups is 1. The molecule has 1 amide bonds. The summed E-state index contributed by atoms with van der Waals surface area (Å²) in [4.78, 5) is 15.0. The SMILES string of the molecule is COc1cc(N)c(Cl)cc1C(=O)NCC1CCN(CCOCc2ccccc2)CC1. The van der Waals surface area contributed by atoms with Crippen molar-refractivity contribution in [1.82, 2.24) is 10.2 Å². The highest BCUT2D eigenvalue weighted by atomic mass is 35.5. The number of nitrogens with one attached hydrogen (secondary N) is 1. The molecule has 0 spiro atoms. The summed E-state index contributed by atoms with van der Waals surface area (Å²) in [6.07, 6.45) is 2.11. The van der Waals surface area contributed by atoms with E-state index in [0.717, 1.165) is 39.1 Å². The van der Waals surface area contributed by atoms with Crippen molar-refractivity contribution in [3.8, 4) is 5.75 Å². The van der Waals surface area contributed by atoms with Crippen LogP contribution in [0.25, 0.3) is 0 Å². The molecule has 0 aromatic heterocycles. The summed E-state index contributed by atoms with van der Waals surface area (Å²) in [6.45, 7) is 5.00. The van der Waals surface area contributed by atoms with E-state index in [2.05, 4.69) is 22.3 Å². The van der Waals surface area contributed by atoms with Gasteiger partial charge in [-0.3, -0.25) is 4.79 Å². The zero-order chi connectivity index (χ0) is 21.3. The highest BCUT2D eigenvalue weighted by Gasteiger charge is 2.21. The standard InChI is InChI=1S/C23H30ClN3O3/c1-29-22-14-21(25)20(24)13-19(22)23(28)26-15-17-7-9-27(10-8-17)11-12-30-16-18-5-3-2-4-6-18/h2-6,13-14,17H,7-12,15-16,25H2,1H3,(H,26,28). The average molecular weight is 432 g/mol. The lowest BCUT2D eigenvalue weighted by Gasteiger charge is -2.31. The number of amides is 1. The number of ether oxygens (including phenoxy) is 2. The number of rotatable bonds is 9. The zero-order valence-corrected chi connectivity index (χ0v) is 18.2. The van der Waals surface area contributed by atoms with Crippen LogP contribution in [0, 0.1) is 5.92 Å². The smallest absolute Gasteiger partial charge is 0.255 e. The number of nitrogen functional groups attached to an aromatic ring is 1. The van der Waals surface area contributed by atoms with Crippen molar-refractivity contribution in [2.75, 3.05) is 45.6 Å². The van der Waals surface area contributed by atoms with Crippen molar-refractivity contribution in [2.45, 2.75) is 19.4 Å². The van der Waals surface area contributed by atoms with Gasteiger partial charge in [-0.1, -0.05) is 41.9 Å². The lowest BCUT2D eigenvalue weighted by Crippen LogP contribution is -2.40. The Labute approximate surface area is 183 Å². The molecule has 7 heteroatoms. The van der Waals surface area contributed by atoms with Crippen molar-refractivity contribution in [3.05, 3.63) is 58.6 Å². The van der Waals surface area contributed by atoms with Gasteiger partial charge in [0, 0.05) is 19.2 Å². The molecule has 1 heterocycles. The molecule has 2 aromatic rings. The summed E-state index contributed by atoms with van der Waals surface area (Å²) in [5, 5.41) is 3.36. The van der Waals surface area contributed by atoms with Gasteiger partial charge in [0.15, 0.2) is 0 Å². The molecule has 0 saturated carbocycles. The van der Waals surface area contributed by atoms with Gasteiger partial charge in [0.1, 0.15) is 5.75 Å². The maximum Gasteiger partial charge on any atom is 0.255 e. The second kappa shape index (κ2) is 11.2. The van der Waals surface area contributed by atoms with Gasteiger partial charge in [-0.15, -0.1) is 0 Å². The third kappa shape index (κ3) is 6.36. The number of anilines is 1. The molecule has 1 fully saturated rings. The number of piperidine rings is 1. The molecule has 0 unspecified atom stereocenters. The van der Waals surface area contributed by atoms with Gasteiger partial charge < -0.3 is 25.4 Å². The summed E-state index contributed by atoms with van der Waals surface area (Å²) in [6, 6.07) is 13.4. The number of hydrogen-bond donors (Lipinski definition) is 2. The fourth-order valence-corrected chi connectivity index (χ4v) is 3.78. The van der Waals surface area contributed by atoms with E-state index in [-0.39, 0.29) is 5.91 Å². The Bertz CT molecular complexity index is 824. The number of benzene rings is 2. The predicted molar refractivity (Wildman–Crippen MR) is 120 cm³/mol. The van der Waals surface area contributed by atoms with E-state index < -0.39 is 0 Å². The van der Waals surface area contributed by atoms with Crippen molar-refractivity contribution >= 4 is 23.2 Å². The molecule has 30 heavy (non-hydrogen) atoms. The van der Waals surface area contributed by atoms with E-state index in [9.17, 15) is 4.79 Å². The minimum Gasteiger partial charge on any atom is -0.496 e. The van der Waals surface area contributed by atoms with Crippen molar-refractivity contribution in [2.24, 2.45) is 5.92 Å². The van der Waals surface area contributed by atoms with Gasteiger partial charge in [0.25, 0.3) is 5.91 Å². The molecule has 0 aliphatic carbocycles. The molecule has 1 saturated heterocycles. The van der Waals surface area contributed by atoms with Gasteiger partial charge in [-0.05, 0) is 43.5 Å². The quantitative estimate of drug-likeness (QED) is 0.468. The number of nitrogens with two attached hydrogens (primary N) is 1. The highest BCUT2D eigenvalue weighted by Crippen LogP contribution is 2.29. The fourth-order valence-electron chi connectivity index (χ4n) is 3.62. The monoisotopic (exact) mass is 431 g/mol. The normalized spacial score (nSPS) is 15.1. The van der Waals surface area contributed by atoms with E-state index >= 15 is 0 Å². The van der Waals surface area contributed by atoms with Crippen LogP contribution in [-0.4, -0.2) is 50.7 Å². The minimum atomic E-state index is -0.189. The Balaban J connectivity index is 1.36. The molecular weight excluding hydrogens is 402 g/mol. The largest absolute Gasteiger partial charge is 0.496 e. The maximum absolute atomic E-state index is 12.6. The minimum absolute atomic E-state index is 0.189. The molecule has 1 aliphatic heterocycles. The van der Waals surface area contributed by atoms with Gasteiger partial charge >= 0.3 is 0 Å². The van der Waals surface area contributed by atoms with E-state index in [0.29, 0.717) is 41.1 Å². The molecule has 1 aliphatic rings. The average Bonchev–Trinajstić information content (AvgIpc) is 2.78. The van der Waals surface area contributed by atoms with Gasteiger partial charge in [-0.25, -0.2) is 0 Å². The molecule has 6 nitrogen and oxygen atoms in total.